The first kappa shape index (κ1) is 27.0. The Kier molecular flexibility index (Phi) is 8.79. The van der Waals surface area contributed by atoms with Crippen LogP contribution in [0.15, 0.2) is 96.4 Å². The lowest BCUT2D eigenvalue weighted by Gasteiger charge is -2.42. The third-order valence-electron chi connectivity index (χ3n) is 6.52. The van der Waals surface area contributed by atoms with E-state index in [-0.39, 0.29) is 29.6 Å². The second-order valence-electron chi connectivity index (χ2n) is 9.38. The zero-order chi connectivity index (χ0) is 26.4. The number of rotatable bonds is 10. The number of nitrogens with one attached hydrogen (secondary N) is 1. The van der Waals surface area contributed by atoms with Crippen molar-refractivity contribution in [1.29, 1.82) is 0 Å². The fourth-order valence-electron chi connectivity index (χ4n) is 4.49. The van der Waals surface area contributed by atoms with Crippen LogP contribution in [0.3, 0.4) is 0 Å². The molecule has 0 saturated carbocycles. The first-order valence-corrected chi connectivity index (χ1v) is 13.8. The minimum atomic E-state index is -3.73. The zero-order valence-corrected chi connectivity index (χ0v) is 22.0. The molecule has 4 unspecified atom stereocenters. The first-order valence-electron chi connectivity index (χ1n) is 12.3. The number of hydrogen-bond donors (Lipinski definition) is 2. The van der Waals surface area contributed by atoms with Crippen molar-refractivity contribution in [2.45, 2.75) is 36.9 Å². The molecule has 37 heavy (non-hydrogen) atoms. The van der Waals surface area contributed by atoms with Crippen LogP contribution in [0.25, 0.3) is 0 Å². The van der Waals surface area contributed by atoms with E-state index in [1.807, 2.05) is 43.5 Å². The van der Waals surface area contributed by atoms with Gasteiger partial charge in [-0.2, -0.15) is 0 Å². The standard InChI is InChI=1S/C29H34N2O5S/c1-4-17-31(3)19-27-21(2)28(23-15-13-22(20-32)14-16-23)36-29(35-27)24-9-8-10-25(18-24)30-37(33,34)26-11-6-5-7-12-26/h4-16,18,21,27-30,32H,1,17,19-20H2,2-3H3. The lowest BCUT2D eigenvalue weighted by atomic mass is 9.90. The lowest BCUT2D eigenvalue weighted by Crippen LogP contribution is -2.43. The number of aliphatic hydroxyl groups is 1. The Labute approximate surface area is 219 Å². The minimum Gasteiger partial charge on any atom is -0.392 e. The topological polar surface area (TPSA) is 88.1 Å². The molecular formula is C29H34N2O5S. The van der Waals surface area contributed by atoms with Gasteiger partial charge in [0, 0.05) is 30.3 Å². The quantitative estimate of drug-likeness (QED) is 0.369. The smallest absolute Gasteiger partial charge is 0.261 e. The average molecular weight is 523 g/mol. The maximum Gasteiger partial charge on any atom is 0.261 e. The van der Waals surface area contributed by atoms with Gasteiger partial charge < -0.3 is 19.5 Å². The van der Waals surface area contributed by atoms with Crippen molar-refractivity contribution in [3.05, 3.63) is 108 Å². The number of anilines is 1. The molecule has 0 bridgehead atoms. The van der Waals surface area contributed by atoms with Crippen molar-refractivity contribution in [2.24, 2.45) is 5.92 Å². The molecule has 3 aromatic carbocycles. The van der Waals surface area contributed by atoms with Crippen LogP contribution in [-0.4, -0.2) is 44.7 Å². The Morgan fingerprint density at radius 1 is 1.00 bits per heavy atom. The highest BCUT2D eigenvalue weighted by atomic mass is 32.2. The molecule has 0 radical (unpaired) electrons. The predicted molar refractivity (Wildman–Crippen MR) is 144 cm³/mol. The van der Waals surface area contributed by atoms with Gasteiger partial charge in [-0.15, -0.1) is 6.58 Å². The van der Waals surface area contributed by atoms with E-state index in [1.54, 1.807) is 48.5 Å². The highest BCUT2D eigenvalue weighted by Gasteiger charge is 2.38. The summed E-state index contributed by atoms with van der Waals surface area (Å²) in [4.78, 5) is 2.34. The summed E-state index contributed by atoms with van der Waals surface area (Å²) in [6.45, 7) is 7.33. The highest BCUT2D eigenvalue weighted by molar-refractivity contribution is 7.92. The molecule has 0 aromatic heterocycles. The van der Waals surface area contributed by atoms with Gasteiger partial charge in [-0.25, -0.2) is 8.42 Å². The van der Waals surface area contributed by atoms with Crippen LogP contribution in [-0.2, 0) is 26.1 Å². The molecule has 1 aliphatic rings. The van der Waals surface area contributed by atoms with E-state index in [4.69, 9.17) is 9.47 Å². The Morgan fingerprint density at radius 2 is 1.73 bits per heavy atom. The van der Waals surface area contributed by atoms with Gasteiger partial charge in [0.05, 0.1) is 23.7 Å². The monoisotopic (exact) mass is 522 g/mol. The molecule has 2 N–H and O–H groups in total. The van der Waals surface area contributed by atoms with Crippen molar-refractivity contribution < 1.29 is 23.0 Å². The van der Waals surface area contributed by atoms with Gasteiger partial charge in [0.15, 0.2) is 6.29 Å². The van der Waals surface area contributed by atoms with E-state index in [0.717, 1.165) is 17.7 Å². The molecule has 4 atom stereocenters. The van der Waals surface area contributed by atoms with Gasteiger partial charge in [-0.3, -0.25) is 4.72 Å². The van der Waals surface area contributed by atoms with Crippen LogP contribution in [0.5, 0.6) is 0 Å². The number of aliphatic hydroxyl groups excluding tert-OH is 1. The molecule has 3 aromatic rings. The predicted octanol–water partition coefficient (Wildman–Crippen LogP) is 4.89. The summed E-state index contributed by atoms with van der Waals surface area (Å²) in [7, 11) is -1.71. The molecule has 1 aliphatic heterocycles. The van der Waals surface area contributed by atoms with Crippen LogP contribution >= 0.6 is 0 Å². The molecule has 1 heterocycles. The van der Waals surface area contributed by atoms with E-state index in [1.165, 1.54) is 0 Å². The largest absolute Gasteiger partial charge is 0.392 e. The summed E-state index contributed by atoms with van der Waals surface area (Å²) in [5.41, 5.74) is 2.97. The van der Waals surface area contributed by atoms with E-state index >= 15 is 0 Å². The van der Waals surface area contributed by atoms with Crippen molar-refractivity contribution in [1.82, 2.24) is 4.90 Å². The molecule has 8 heteroatoms. The lowest BCUT2D eigenvalue weighted by molar-refractivity contribution is -0.275. The Hall–Kier alpha value is -3.01. The van der Waals surface area contributed by atoms with Crippen LogP contribution in [0, 0.1) is 5.92 Å². The van der Waals surface area contributed by atoms with Crippen LogP contribution in [0.1, 0.15) is 36.0 Å². The number of ether oxygens (including phenoxy) is 2. The molecule has 196 valence electrons. The fraction of sp³-hybridized carbons (Fsp3) is 0.310. The van der Waals surface area contributed by atoms with E-state index < -0.39 is 16.3 Å². The molecule has 7 nitrogen and oxygen atoms in total. The maximum absolute atomic E-state index is 12.9. The summed E-state index contributed by atoms with van der Waals surface area (Å²) in [5, 5.41) is 9.44. The Bertz CT molecular complexity index is 1280. The van der Waals surface area contributed by atoms with Crippen molar-refractivity contribution in [3.63, 3.8) is 0 Å². The van der Waals surface area contributed by atoms with Gasteiger partial charge in [0.25, 0.3) is 10.0 Å². The van der Waals surface area contributed by atoms with Gasteiger partial charge in [-0.1, -0.05) is 67.6 Å². The van der Waals surface area contributed by atoms with Gasteiger partial charge in [-0.05, 0) is 42.4 Å². The third-order valence-corrected chi connectivity index (χ3v) is 7.92. The number of benzene rings is 3. The van der Waals surface area contributed by atoms with Crippen LogP contribution in [0.2, 0.25) is 0 Å². The van der Waals surface area contributed by atoms with Crippen LogP contribution < -0.4 is 4.72 Å². The molecule has 0 aliphatic carbocycles. The summed E-state index contributed by atoms with van der Waals surface area (Å²) >= 11 is 0. The Balaban J connectivity index is 1.61. The minimum absolute atomic E-state index is 0.0201. The average Bonchev–Trinajstić information content (AvgIpc) is 2.90. The number of sulfonamides is 1. The van der Waals surface area contributed by atoms with Gasteiger partial charge in [0.1, 0.15) is 0 Å². The molecule has 0 amide bonds. The van der Waals surface area contributed by atoms with Gasteiger partial charge in [0.2, 0.25) is 0 Å². The second kappa shape index (κ2) is 12.0. The van der Waals surface area contributed by atoms with Crippen molar-refractivity contribution >= 4 is 15.7 Å². The number of likely N-dealkylation sites (N-methyl/N-ethyl adjacent to an activating group) is 1. The highest BCUT2D eigenvalue weighted by Crippen LogP contribution is 2.42. The molecule has 1 fully saturated rings. The normalized spacial score (nSPS) is 22.1. The maximum atomic E-state index is 12.9. The molecule has 1 saturated heterocycles. The van der Waals surface area contributed by atoms with Crippen molar-refractivity contribution in [2.75, 3.05) is 24.9 Å². The van der Waals surface area contributed by atoms with Gasteiger partial charge >= 0.3 is 0 Å². The number of hydrogen-bond acceptors (Lipinski definition) is 6. The number of nitrogens with zero attached hydrogens (tertiary/aromatic N) is 1. The zero-order valence-electron chi connectivity index (χ0n) is 21.2. The third kappa shape index (κ3) is 6.66. The van der Waals surface area contributed by atoms with Crippen LogP contribution in [0.4, 0.5) is 5.69 Å². The summed E-state index contributed by atoms with van der Waals surface area (Å²) in [6.07, 6.45) is 0.769. The molecular weight excluding hydrogens is 488 g/mol. The summed E-state index contributed by atoms with van der Waals surface area (Å²) in [6, 6.07) is 23.1. The van der Waals surface area contributed by atoms with E-state index in [0.29, 0.717) is 17.8 Å². The summed E-state index contributed by atoms with van der Waals surface area (Å²) < 4.78 is 41.3. The molecule has 4 rings (SSSR count). The van der Waals surface area contributed by atoms with Crippen molar-refractivity contribution in [3.8, 4) is 0 Å². The molecule has 0 spiro atoms. The second-order valence-corrected chi connectivity index (χ2v) is 11.1. The fourth-order valence-corrected chi connectivity index (χ4v) is 5.56. The van der Waals surface area contributed by atoms with E-state index in [2.05, 4.69) is 23.1 Å². The SMILES string of the molecule is C=CCN(C)CC1OC(c2cccc(NS(=O)(=O)c3ccccc3)c2)OC(c2ccc(CO)cc2)C1C. The summed E-state index contributed by atoms with van der Waals surface area (Å²) in [5.74, 6) is 0.0447. The first-order chi connectivity index (χ1) is 17.8. The Morgan fingerprint density at radius 3 is 2.41 bits per heavy atom. The van der Waals surface area contributed by atoms with E-state index in [9.17, 15) is 13.5 Å².